The number of carbonyl (C=O) groups is 2. The average Bonchev–Trinajstić information content (AvgIpc) is 3.01. The maximum Gasteiger partial charge on any atom is 0.379 e. The molecule has 0 saturated heterocycles. The third kappa shape index (κ3) is 3.76. The van der Waals surface area contributed by atoms with Crippen molar-refractivity contribution in [1.29, 1.82) is 0 Å². The van der Waals surface area contributed by atoms with Crippen molar-refractivity contribution in [2.24, 2.45) is 0 Å². The number of ether oxygens (including phenoxy) is 1. The van der Waals surface area contributed by atoms with Gasteiger partial charge in [-0.05, 0) is 36.7 Å². The van der Waals surface area contributed by atoms with E-state index in [1.807, 2.05) is 18.3 Å². The first-order chi connectivity index (χ1) is 12.0. The first-order valence-corrected chi connectivity index (χ1v) is 11.8. The molecule has 1 aromatic carbocycles. The molecule has 142 valence electrons. The Morgan fingerprint density at radius 1 is 1.19 bits per heavy atom. The first kappa shape index (κ1) is 20.4. The first-order valence-electron chi connectivity index (χ1n) is 8.93. The molecule has 0 aliphatic carbocycles. The Labute approximate surface area is 156 Å². The van der Waals surface area contributed by atoms with Crippen LogP contribution in [0.1, 0.15) is 50.7 Å². The van der Waals surface area contributed by atoms with Gasteiger partial charge in [-0.25, -0.2) is 4.79 Å². The minimum Gasteiger partial charge on any atom is -0.463 e. The molecule has 1 unspecified atom stereocenters. The van der Waals surface area contributed by atoms with Gasteiger partial charge in [0.1, 0.15) is 6.23 Å². The Bertz CT molecular complexity index is 817. The predicted octanol–water partition coefficient (Wildman–Crippen LogP) is 4.93. The number of ketones is 1. The van der Waals surface area contributed by atoms with Gasteiger partial charge in [0.25, 0.3) is 5.78 Å². The van der Waals surface area contributed by atoms with E-state index in [1.165, 1.54) is 7.11 Å². The highest BCUT2D eigenvalue weighted by Crippen LogP contribution is 2.40. The summed E-state index contributed by atoms with van der Waals surface area (Å²) in [7, 11) is -0.739. The summed E-state index contributed by atoms with van der Waals surface area (Å²) in [5.74, 6) is -1.48. The number of aromatic nitrogens is 1. The SMILES string of the molecule is CCC(O[Si](C)(C)C(C)(C)C)n1ccc2c(C(=O)C(=O)OC)cccc21. The van der Waals surface area contributed by atoms with Gasteiger partial charge in [-0.15, -0.1) is 0 Å². The van der Waals surface area contributed by atoms with Crippen LogP contribution in [0.15, 0.2) is 30.5 Å². The van der Waals surface area contributed by atoms with E-state index in [0.29, 0.717) is 5.56 Å². The number of esters is 1. The van der Waals surface area contributed by atoms with Gasteiger partial charge >= 0.3 is 5.97 Å². The minimum atomic E-state index is -1.95. The van der Waals surface area contributed by atoms with Gasteiger partial charge in [0, 0.05) is 17.1 Å². The van der Waals surface area contributed by atoms with Crippen molar-refractivity contribution >= 4 is 31.0 Å². The standard InChI is InChI=1S/C20H29NO4Si/c1-8-17(25-26(6,7)20(2,3)4)21-13-12-14-15(10-9-11-16(14)21)18(22)19(23)24-5/h9-13,17H,8H2,1-7H3. The summed E-state index contributed by atoms with van der Waals surface area (Å²) in [4.78, 5) is 23.9. The third-order valence-corrected chi connectivity index (χ3v) is 9.75. The Morgan fingerprint density at radius 3 is 2.38 bits per heavy atom. The molecule has 1 heterocycles. The molecular formula is C20H29NO4Si. The van der Waals surface area contributed by atoms with Crippen LogP contribution in [0.5, 0.6) is 0 Å². The fourth-order valence-corrected chi connectivity index (χ4v) is 4.01. The number of nitrogens with zero attached hydrogens (tertiary/aromatic N) is 1. The van der Waals surface area contributed by atoms with Gasteiger partial charge < -0.3 is 13.7 Å². The minimum absolute atomic E-state index is 0.107. The Balaban J connectivity index is 2.47. The van der Waals surface area contributed by atoms with Gasteiger partial charge in [0.05, 0.1) is 12.6 Å². The second-order valence-electron chi connectivity index (χ2n) is 8.02. The molecule has 2 aromatic rings. The highest BCUT2D eigenvalue weighted by atomic mass is 28.4. The summed E-state index contributed by atoms with van der Waals surface area (Å²) < 4.78 is 13.2. The highest BCUT2D eigenvalue weighted by molar-refractivity contribution is 6.74. The number of benzene rings is 1. The lowest BCUT2D eigenvalue weighted by molar-refractivity contribution is -0.135. The Kier molecular flexibility index (Phi) is 5.78. The fourth-order valence-electron chi connectivity index (χ4n) is 2.69. The van der Waals surface area contributed by atoms with Crippen molar-refractivity contribution in [2.75, 3.05) is 7.11 Å². The van der Waals surface area contributed by atoms with Crippen molar-refractivity contribution < 1.29 is 18.8 Å². The molecule has 1 atom stereocenters. The molecule has 2 rings (SSSR count). The van der Waals surface area contributed by atoms with Gasteiger partial charge in [-0.1, -0.05) is 39.8 Å². The monoisotopic (exact) mass is 375 g/mol. The Morgan fingerprint density at radius 2 is 1.85 bits per heavy atom. The molecule has 0 fully saturated rings. The second-order valence-corrected chi connectivity index (χ2v) is 12.8. The van der Waals surface area contributed by atoms with Crippen LogP contribution in [0.25, 0.3) is 10.9 Å². The molecule has 0 radical (unpaired) electrons. The molecular weight excluding hydrogens is 346 g/mol. The largest absolute Gasteiger partial charge is 0.463 e. The second kappa shape index (κ2) is 7.37. The van der Waals surface area contributed by atoms with E-state index >= 15 is 0 Å². The van der Waals surface area contributed by atoms with Crippen molar-refractivity contribution in [3.05, 3.63) is 36.0 Å². The maximum atomic E-state index is 12.3. The quantitative estimate of drug-likeness (QED) is 0.311. The summed E-state index contributed by atoms with van der Waals surface area (Å²) in [6.07, 6.45) is 2.63. The van der Waals surface area contributed by atoms with E-state index in [-0.39, 0.29) is 11.3 Å². The summed E-state index contributed by atoms with van der Waals surface area (Å²) >= 11 is 0. The van der Waals surface area contributed by atoms with E-state index in [1.54, 1.807) is 12.1 Å². The molecule has 0 bridgehead atoms. The molecule has 0 N–H and O–H groups in total. The van der Waals surface area contributed by atoms with Crippen LogP contribution in [0.4, 0.5) is 0 Å². The number of carbonyl (C=O) groups excluding carboxylic acids is 2. The summed E-state index contributed by atoms with van der Waals surface area (Å²) in [6, 6.07) is 7.25. The van der Waals surface area contributed by atoms with Gasteiger partial charge in [0.15, 0.2) is 8.32 Å². The van der Waals surface area contributed by atoms with Crippen LogP contribution in [-0.2, 0) is 14.0 Å². The zero-order chi connectivity index (χ0) is 19.7. The normalized spacial score (nSPS) is 13.7. The smallest absolute Gasteiger partial charge is 0.379 e. The number of rotatable bonds is 6. The number of hydrogen-bond acceptors (Lipinski definition) is 4. The van der Waals surface area contributed by atoms with Crippen LogP contribution >= 0.6 is 0 Å². The van der Waals surface area contributed by atoms with Crippen molar-refractivity contribution in [2.45, 2.75) is 58.5 Å². The van der Waals surface area contributed by atoms with Crippen LogP contribution in [0.2, 0.25) is 18.1 Å². The zero-order valence-electron chi connectivity index (χ0n) is 16.8. The Hall–Kier alpha value is -1.92. The fraction of sp³-hybridized carbons (Fsp3) is 0.500. The number of hydrogen-bond donors (Lipinski definition) is 0. The maximum absolute atomic E-state index is 12.3. The topological polar surface area (TPSA) is 57.5 Å². The summed E-state index contributed by atoms with van der Waals surface area (Å²) in [6.45, 7) is 13.2. The van der Waals surface area contributed by atoms with Crippen LogP contribution in [0, 0.1) is 0 Å². The molecule has 5 nitrogen and oxygen atoms in total. The van der Waals surface area contributed by atoms with E-state index in [2.05, 4.69) is 50.1 Å². The molecule has 0 aliphatic rings. The number of methoxy groups -OCH3 is 1. The average molecular weight is 376 g/mol. The van der Waals surface area contributed by atoms with Gasteiger partial charge in [-0.2, -0.15) is 0 Å². The van der Waals surface area contributed by atoms with Crippen molar-refractivity contribution in [3.63, 3.8) is 0 Å². The molecule has 26 heavy (non-hydrogen) atoms. The molecule has 0 spiro atoms. The van der Waals surface area contributed by atoms with Crippen molar-refractivity contribution in [3.8, 4) is 0 Å². The highest BCUT2D eigenvalue weighted by Gasteiger charge is 2.39. The van der Waals surface area contributed by atoms with Gasteiger partial charge in [-0.3, -0.25) is 4.79 Å². The molecule has 6 heteroatoms. The summed E-state index contributed by atoms with van der Waals surface area (Å²) in [5, 5.41) is 0.843. The van der Waals surface area contributed by atoms with E-state index < -0.39 is 20.1 Å². The zero-order valence-corrected chi connectivity index (χ0v) is 17.8. The predicted molar refractivity (Wildman–Crippen MR) is 106 cm³/mol. The molecule has 1 aromatic heterocycles. The van der Waals surface area contributed by atoms with E-state index in [9.17, 15) is 9.59 Å². The lowest BCUT2D eigenvalue weighted by Crippen LogP contribution is -2.42. The van der Waals surface area contributed by atoms with Crippen LogP contribution < -0.4 is 0 Å². The lowest BCUT2D eigenvalue weighted by Gasteiger charge is -2.39. The number of fused-ring (bicyclic) bond motifs is 1. The van der Waals surface area contributed by atoms with E-state index in [4.69, 9.17) is 4.43 Å². The molecule has 0 saturated carbocycles. The van der Waals surface area contributed by atoms with Crippen molar-refractivity contribution in [1.82, 2.24) is 4.57 Å². The lowest BCUT2D eigenvalue weighted by atomic mass is 10.1. The molecule has 0 amide bonds. The molecule has 0 aliphatic heterocycles. The third-order valence-electron chi connectivity index (χ3n) is 5.27. The number of Topliss-reactive ketones (excluding diaryl/α,β-unsaturated/α-hetero) is 1. The summed E-state index contributed by atoms with van der Waals surface area (Å²) in [5.41, 5.74) is 1.24. The van der Waals surface area contributed by atoms with Gasteiger partial charge in [0.2, 0.25) is 0 Å². The van der Waals surface area contributed by atoms with Crippen LogP contribution in [-0.4, -0.2) is 31.7 Å². The van der Waals surface area contributed by atoms with E-state index in [0.717, 1.165) is 17.3 Å². The van der Waals surface area contributed by atoms with Crippen LogP contribution in [0.3, 0.4) is 0 Å².